The quantitative estimate of drug-likeness (QED) is 0.271. The Morgan fingerprint density at radius 2 is 1.43 bits per heavy atom. The van der Waals surface area contributed by atoms with Gasteiger partial charge in [-0.2, -0.15) is 0 Å². The van der Waals surface area contributed by atoms with Crippen molar-refractivity contribution in [2.45, 2.75) is 38.4 Å². The lowest BCUT2D eigenvalue weighted by molar-refractivity contribution is -0.141. The summed E-state index contributed by atoms with van der Waals surface area (Å²) in [5, 5.41) is 7.52. The normalized spacial score (nSPS) is 11.6. The maximum Gasteiger partial charge on any atom is 0.293 e. The summed E-state index contributed by atoms with van der Waals surface area (Å²) in [6.07, 6.45) is 1.62. The topological polar surface area (TPSA) is 134 Å². The number of pyridine rings is 1. The minimum atomic E-state index is -1.55. The maximum atomic E-state index is 13.1. The van der Waals surface area contributed by atoms with E-state index in [0.717, 1.165) is 5.56 Å². The first kappa shape index (κ1) is 26.9. The summed E-state index contributed by atoms with van der Waals surface area (Å²) in [7, 11) is 0. The largest absolute Gasteiger partial charge is 0.344 e. The van der Waals surface area contributed by atoms with Gasteiger partial charge in [-0.1, -0.05) is 66.7 Å². The molecule has 3 N–H and O–H groups in total. The molecule has 0 bridgehead atoms. The Balaban J connectivity index is 1.71. The molecule has 0 saturated carbocycles. The molecule has 2 aromatic carbocycles. The van der Waals surface area contributed by atoms with Gasteiger partial charge in [0.15, 0.2) is 0 Å². The Morgan fingerprint density at radius 1 is 0.811 bits per heavy atom. The molecular formula is C28H28N4O5. The fraction of sp³-hybridized carbons (Fsp3) is 0.214. The van der Waals surface area contributed by atoms with E-state index >= 15 is 0 Å². The molecule has 190 valence electrons. The van der Waals surface area contributed by atoms with E-state index in [-0.39, 0.29) is 18.5 Å². The van der Waals surface area contributed by atoms with Crippen LogP contribution in [0.25, 0.3) is 0 Å². The predicted molar refractivity (Wildman–Crippen MR) is 136 cm³/mol. The SMILES string of the molecule is CC(C)(NC(=O)C(=O)c1ccccc1)C(=O)N[C@H](Cc1ccccc1)C(=O)C(=O)NCc1ccccn1. The van der Waals surface area contributed by atoms with Gasteiger partial charge in [0.05, 0.1) is 12.2 Å². The van der Waals surface area contributed by atoms with Crippen LogP contribution in [0.15, 0.2) is 85.1 Å². The van der Waals surface area contributed by atoms with Gasteiger partial charge in [0.2, 0.25) is 17.5 Å². The van der Waals surface area contributed by atoms with Crippen LogP contribution in [0.4, 0.5) is 0 Å². The molecule has 3 aromatic rings. The van der Waals surface area contributed by atoms with Crippen molar-refractivity contribution in [3.8, 4) is 0 Å². The molecule has 3 rings (SSSR count). The standard InChI is InChI=1S/C28H28N4O5/c1-28(2,32-26(36)23(33)20-13-7-4-8-14-20)27(37)31-22(17-19-11-5-3-6-12-19)24(34)25(35)30-18-21-15-9-10-16-29-21/h3-16,22H,17-18H2,1-2H3,(H,30,35)(H,31,37)(H,32,36)/t22-/m1/s1. The third-order valence-electron chi connectivity index (χ3n) is 5.52. The fourth-order valence-electron chi connectivity index (χ4n) is 3.43. The van der Waals surface area contributed by atoms with Crippen molar-refractivity contribution in [3.63, 3.8) is 0 Å². The number of aromatic nitrogens is 1. The molecule has 0 aliphatic carbocycles. The molecule has 3 amide bonds. The lowest BCUT2D eigenvalue weighted by atomic mass is 9.98. The molecular weight excluding hydrogens is 472 g/mol. The summed E-state index contributed by atoms with van der Waals surface area (Å²) in [6, 6.07) is 20.8. The zero-order valence-corrected chi connectivity index (χ0v) is 20.6. The van der Waals surface area contributed by atoms with E-state index in [0.29, 0.717) is 5.69 Å². The summed E-state index contributed by atoms with van der Waals surface area (Å²) in [4.78, 5) is 67.9. The van der Waals surface area contributed by atoms with Crippen molar-refractivity contribution in [1.29, 1.82) is 0 Å². The number of hydrogen-bond donors (Lipinski definition) is 3. The van der Waals surface area contributed by atoms with E-state index in [1.165, 1.54) is 26.0 Å². The molecule has 0 radical (unpaired) electrons. The van der Waals surface area contributed by atoms with Crippen molar-refractivity contribution < 1.29 is 24.0 Å². The van der Waals surface area contributed by atoms with E-state index in [4.69, 9.17) is 0 Å². The number of ketones is 2. The summed E-state index contributed by atoms with van der Waals surface area (Å²) in [5.74, 6) is -4.23. The van der Waals surface area contributed by atoms with Gasteiger partial charge in [0, 0.05) is 18.2 Å². The van der Waals surface area contributed by atoms with Gasteiger partial charge in [-0.3, -0.25) is 29.0 Å². The van der Waals surface area contributed by atoms with Crippen molar-refractivity contribution in [2.24, 2.45) is 0 Å². The molecule has 0 spiro atoms. The van der Waals surface area contributed by atoms with Crippen LogP contribution in [0.2, 0.25) is 0 Å². The van der Waals surface area contributed by atoms with Gasteiger partial charge >= 0.3 is 0 Å². The average Bonchev–Trinajstić information content (AvgIpc) is 2.91. The number of Topliss-reactive ketones (excluding diaryl/α,β-unsaturated/α-hetero) is 2. The van der Waals surface area contributed by atoms with Gasteiger partial charge < -0.3 is 16.0 Å². The Hall–Kier alpha value is -4.66. The first-order valence-electron chi connectivity index (χ1n) is 11.7. The summed E-state index contributed by atoms with van der Waals surface area (Å²) < 4.78 is 0. The van der Waals surface area contributed by atoms with Gasteiger partial charge in [0.25, 0.3) is 11.8 Å². The van der Waals surface area contributed by atoms with E-state index in [2.05, 4.69) is 20.9 Å². The number of hydrogen-bond acceptors (Lipinski definition) is 6. The highest BCUT2D eigenvalue weighted by Crippen LogP contribution is 2.10. The van der Waals surface area contributed by atoms with Crippen LogP contribution < -0.4 is 16.0 Å². The van der Waals surface area contributed by atoms with E-state index in [1.54, 1.807) is 72.9 Å². The molecule has 0 aliphatic heterocycles. The van der Waals surface area contributed by atoms with Crippen LogP contribution in [-0.2, 0) is 32.1 Å². The second kappa shape index (κ2) is 12.3. The Labute approximate surface area is 214 Å². The predicted octanol–water partition coefficient (Wildman–Crippen LogP) is 1.77. The molecule has 9 nitrogen and oxygen atoms in total. The summed E-state index contributed by atoms with van der Waals surface area (Å²) in [5.41, 5.74) is -0.0850. The number of carbonyl (C=O) groups is 5. The number of nitrogens with zero attached hydrogens (tertiary/aromatic N) is 1. The van der Waals surface area contributed by atoms with Gasteiger partial charge in [0.1, 0.15) is 11.6 Å². The number of amides is 3. The van der Waals surface area contributed by atoms with Crippen LogP contribution in [0.3, 0.4) is 0 Å². The van der Waals surface area contributed by atoms with Crippen LogP contribution in [0.1, 0.15) is 35.5 Å². The third kappa shape index (κ3) is 7.66. The van der Waals surface area contributed by atoms with Crippen molar-refractivity contribution in [2.75, 3.05) is 0 Å². The Kier molecular flexibility index (Phi) is 8.99. The first-order valence-corrected chi connectivity index (χ1v) is 11.7. The average molecular weight is 501 g/mol. The molecule has 0 unspecified atom stereocenters. The van der Waals surface area contributed by atoms with E-state index in [1.807, 2.05) is 0 Å². The Bertz CT molecular complexity index is 1260. The third-order valence-corrected chi connectivity index (χ3v) is 5.52. The first-order chi connectivity index (χ1) is 17.7. The smallest absolute Gasteiger partial charge is 0.293 e. The molecule has 0 fully saturated rings. The van der Waals surface area contributed by atoms with Crippen LogP contribution in [-0.4, -0.2) is 45.9 Å². The molecule has 37 heavy (non-hydrogen) atoms. The highest BCUT2D eigenvalue weighted by Gasteiger charge is 2.36. The fourth-order valence-corrected chi connectivity index (χ4v) is 3.43. The molecule has 1 aromatic heterocycles. The van der Waals surface area contributed by atoms with Crippen LogP contribution in [0, 0.1) is 0 Å². The number of nitrogens with one attached hydrogen (secondary N) is 3. The Morgan fingerprint density at radius 3 is 2.05 bits per heavy atom. The summed E-state index contributed by atoms with van der Waals surface area (Å²) >= 11 is 0. The van der Waals surface area contributed by atoms with E-state index < -0.39 is 40.9 Å². The van der Waals surface area contributed by atoms with Crippen molar-refractivity contribution in [3.05, 3.63) is 102 Å². The molecule has 9 heteroatoms. The molecule has 0 aliphatic rings. The number of rotatable bonds is 11. The van der Waals surface area contributed by atoms with Crippen molar-refractivity contribution in [1.82, 2.24) is 20.9 Å². The van der Waals surface area contributed by atoms with Gasteiger partial charge in [-0.15, -0.1) is 0 Å². The lowest BCUT2D eigenvalue weighted by Gasteiger charge is -2.27. The maximum absolute atomic E-state index is 13.1. The second-order valence-electron chi connectivity index (χ2n) is 8.86. The number of benzene rings is 2. The molecule has 1 atom stereocenters. The summed E-state index contributed by atoms with van der Waals surface area (Å²) in [6.45, 7) is 2.86. The molecule has 1 heterocycles. The number of carbonyl (C=O) groups excluding carboxylic acids is 5. The van der Waals surface area contributed by atoms with Gasteiger partial charge in [-0.25, -0.2) is 0 Å². The highest BCUT2D eigenvalue weighted by molar-refractivity contribution is 6.43. The highest BCUT2D eigenvalue weighted by atomic mass is 16.2. The molecule has 0 saturated heterocycles. The van der Waals surface area contributed by atoms with Gasteiger partial charge in [-0.05, 0) is 31.5 Å². The van der Waals surface area contributed by atoms with Crippen molar-refractivity contribution >= 4 is 29.3 Å². The minimum Gasteiger partial charge on any atom is -0.344 e. The lowest BCUT2D eigenvalue weighted by Crippen LogP contribution is -2.60. The zero-order chi connectivity index (χ0) is 26.8. The van der Waals surface area contributed by atoms with E-state index in [9.17, 15) is 24.0 Å². The minimum absolute atomic E-state index is 0.0422. The van der Waals surface area contributed by atoms with Crippen LogP contribution >= 0.6 is 0 Å². The van der Waals surface area contributed by atoms with Crippen LogP contribution in [0.5, 0.6) is 0 Å². The monoisotopic (exact) mass is 500 g/mol. The zero-order valence-electron chi connectivity index (χ0n) is 20.6. The second-order valence-corrected chi connectivity index (χ2v) is 8.86.